The quantitative estimate of drug-likeness (QED) is 0.741. The molecule has 6 heteroatoms. The van der Waals surface area contributed by atoms with Gasteiger partial charge in [-0.2, -0.15) is 0 Å². The van der Waals surface area contributed by atoms with Crippen LogP contribution in [0.4, 0.5) is 4.79 Å². The molecule has 3 aromatic rings. The smallest absolute Gasteiger partial charge is 0.317 e. The van der Waals surface area contributed by atoms with Crippen LogP contribution in [-0.2, 0) is 13.0 Å². The molecule has 2 amide bonds. The van der Waals surface area contributed by atoms with E-state index in [1.54, 1.807) is 11.9 Å². The third-order valence-corrected chi connectivity index (χ3v) is 4.55. The molecule has 1 aromatic heterocycles. The Bertz CT molecular complexity index is 935. The minimum Gasteiger partial charge on any atom is -0.454 e. The third-order valence-electron chi connectivity index (χ3n) is 4.55. The highest BCUT2D eigenvalue weighted by molar-refractivity contribution is 5.83. The third kappa shape index (κ3) is 3.31. The van der Waals surface area contributed by atoms with Crippen molar-refractivity contribution in [3.63, 3.8) is 0 Å². The molecule has 0 fully saturated rings. The van der Waals surface area contributed by atoms with E-state index in [0.29, 0.717) is 13.1 Å². The zero-order chi connectivity index (χ0) is 17.9. The van der Waals surface area contributed by atoms with Gasteiger partial charge in [-0.3, -0.25) is 0 Å². The maximum Gasteiger partial charge on any atom is 0.317 e. The van der Waals surface area contributed by atoms with Crippen LogP contribution in [0.3, 0.4) is 0 Å². The van der Waals surface area contributed by atoms with Gasteiger partial charge >= 0.3 is 6.03 Å². The van der Waals surface area contributed by atoms with Crippen molar-refractivity contribution in [1.82, 2.24) is 15.2 Å². The molecule has 2 aromatic carbocycles. The Morgan fingerprint density at radius 1 is 1.19 bits per heavy atom. The van der Waals surface area contributed by atoms with Gasteiger partial charge < -0.3 is 24.7 Å². The van der Waals surface area contributed by atoms with Gasteiger partial charge in [0.2, 0.25) is 6.79 Å². The van der Waals surface area contributed by atoms with Crippen LogP contribution in [0.1, 0.15) is 11.1 Å². The summed E-state index contributed by atoms with van der Waals surface area (Å²) in [6, 6.07) is 13.8. The lowest BCUT2D eigenvalue weighted by Gasteiger charge is -2.18. The Morgan fingerprint density at radius 3 is 2.96 bits per heavy atom. The van der Waals surface area contributed by atoms with Crippen LogP contribution < -0.4 is 14.8 Å². The summed E-state index contributed by atoms with van der Waals surface area (Å²) in [5.74, 6) is 1.48. The average Bonchev–Trinajstić information content (AvgIpc) is 3.28. The number of carbonyl (C=O) groups excluding carboxylic acids is 1. The molecule has 0 spiro atoms. The van der Waals surface area contributed by atoms with E-state index in [4.69, 9.17) is 9.47 Å². The van der Waals surface area contributed by atoms with Gasteiger partial charge in [0, 0.05) is 37.2 Å². The van der Waals surface area contributed by atoms with Gasteiger partial charge in [0.1, 0.15) is 0 Å². The minimum atomic E-state index is -0.0949. The first-order valence-corrected chi connectivity index (χ1v) is 8.63. The van der Waals surface area contributed by atoms with Crippen LogP contribution in [0.5, 0.6) is 11.5 Å². The number of nitrogens with zero attached hydrogens (tertiary/aromatic N) is 1. The number of carbonyl (C=O) groups is 1. The number of hydrogen-bond donors (Lipinski definition) is 2. The number of amides is 2. The highest BCUT2D eigenvalue weighted by atomic mass is 16.7. The van der Waals surface area contributed by atoms with Crippen LogP contribution >= 0.6 is 0 Å². The number of hydrogen-bond acceptors (Lipinski definition) is 3. The Kier molecular flexibility index (Phi) is 4.39. The highest BCUT2D eigenvalue weighted by Gasteiger charge is 2.15. The predicted molar refractivity (Wildman–Crippen MR) is 99.4 cm³/mol. The molecule has 6 nitrogen and oxygen atoms in total. The molecule has 1 aliphatic heterocycles. The summed E-state index contributed by atoms with van der Waals surface area (Å²) in [7, 11) is 1.78. The zero-order valence-electron chi connectivity index (χ0n) is 14.6. The van der Waals surface area contributed by atoms with Gasteiger partial charge in [-0.15, -0.1) is 0 Å². The van der Waals surface area contributed by atoms with Gasteiger partial charge in [-0.1, -0.05) is 24.3 Å². The predicted octanol–water partition coefficient (Wildman–Crippen LogP) is 3.28. The monoisotopic (exact) mass is 351 g/mol. The standard InChI is InChI=1S/C20H21N3O3/c1-23(12-14-6-7-18-19(10-14)26-13-25-18)20(24)21-9-8-15-11-22-17-5-3-2-4-16(15)17/h2-7,10-11,22H,8-9,12-13H2,1H3,(H,21,24). The van der Waals surface area contributed by atoms with E-state index in [1.165, 1.54) is 10.9 Å². The molecule has 0 aliphatic carbocycles. The SMILES string of the molecule is CN(Cc1ccc2c(c1)OCO2)C(=O)NCCc1c[nH]c2ccccc12. The van der Waals surface area contributed by atoms with Crippen molar-refractivity contribution >= 4 is 16.9 Å². The molecule has 0 saturated heterocycles. The summed E-state index contributed by atoms with van der Waals surface area (Å²) in [6.07, 6.45) is 2.79. The number of aromatic nitrogens is 1. The van der Waals surface area contributed by atoms with Crippen LogP contribution in [0.25, 0.3) is 10.9 Å². The van der Waals surface area contributed by atoms with Crippen molar-refractivity contribution in [2.45, 2.75) is 13.0 Å². The second-order valence-corrected chi connectivity index (χ2v) is 6.39. The summed E-state index contributed by atoms with van der Waals surface area (Å²) in [5, 5.41) is 4.18. The van der Waals surface area contributed by atoms with Gasteiger partial charge in [0.05, 0.1) is 0 Å². The van der Waals surface area contributed by atoms with Crippen molar-refractivity contribution < 1.29 is 14.3 Å². The summed E-state index contributed by atoms with van der Waals surface area (Å²) in [5.41, 5.74) is 3.33. The molecule has 0 unspecified atom stereocenters. The first-order chi connectivity index (χ1) is 12.7. The van der Waals surface area contributed by atoms with Gasteiger partial charge in [0.25, 0.3) is 0 Å². The van der Waals surface area contributed by atoms with E-state index in [9.17, 15) is 4.79 Å². The molecule has 26 heavy (non-hydrogen) atoms. The van der Waals surface area contributed by atoms with Crippen molar-refractivity contribution in [3.05, 3.63) is 59.8 Å². The fourth-order valence-electron chi connectivity index (χ4n) is 3.16. The fourth-order valence-corrected chi connectivity index (χ4v) is 3.16. The highest BCUT2D eigenvalue weighted by Crippen LogP contribution is 2.32. The maximum atomic E-state index is 12.3. The van der Waals surface area contributed by atoms with E-state index >= 15 is 0 Å². The molecule has 0 bridgehead atoms. The van der Waals surface area contributed by atoms with Crippen molar-refractivity contribution in [2.75, 3.05) is 20.4 Å². The Labute approximate surface area is 151 Å². The number of ether oxygens (including phenoxy) is 2. The number of rotatable bonds is 5. The van der Waals surface area contributed by atoms with Crippen molar-refractivity contribution in [2.24, 2.45) is 0 Å². The molecule has 134 valence electrons. The lowest BCUT2D eigenvalue weighted by molar-refractivity contribution is 0.174. The van der Waals surface area contributed by atoms with E-state index in [-0.39, 0.29) is 12.8 Å². The molecule has 1 aliphatic rings. The normalized spacial score (nSPS) is 12.3. The first kappa shape index (κ1) is 16.3. The van der Waals surface area contributed by atoms with E-state index in [0.717, 1.165) is 29.0 Å². The number of urea groups is 1. The number of aromatic amines is 1. The lowest BCUT2D eigenvalue weighted by Crippen LogP contribution is -2.37. The van der Waals surface area contributed by atoms with E-state index < -0.39 is 0 Å². The van der Waals surface area contributed by atoms with Crippen molar-refractivity contribution in [1.29, 1.82) is 0 Å². The summed E-state index contributed by atoms with van der Waals surface area (Å²) < 4.78 is 10.7. The molecular weight excluding hydrogens is 330 g/mol. The van der Waals surface area contributed by atoms with Gasteiger partial charge in [0.15, 0.2) is 11.5 Å². The molecule has 2 N–H and O–H groups in total. The maximum absolute atomic E-state index is 12.3. The molecule has 2 heterocycles. The van der Waals surface area contributed by atoms with Crippen LogP contribution in [0.2, 0.25) is 0 Å². The summed E-state index contributed by atoms with van der Waals surface area (Å²) in [4.78, 5) is 17.2. The molecule has 0 radical (unpaired) electrons. The van der Waals surface area contributed by atoms with Gasteiger partial charge in [-0.05, 0) is 35.7 Å². The minimum absolute atomic E-state index is 0.0949. The molecule has 0 atom stereocenters. The lowest BCUT2D eigenvalue weighted by atomic mass is 10.1. The largest absolute Gasteiger partial charge is 0.454 e. The van der Waals surface area contributed by atoms with Crippen LogP contribution in [-0.4, -0.2) is 36.3 Å². The van der Waals surface area contributed by atoms with Crippen molar-refractivity contribution in [3.8, 4) is 11.5 Å². The second-order valence-electron chi connectivity index (χ2n) is 6.39. The number of benzene rings is 2. The number of fused-ring (bicyclic) bond motifs is 2. The Hall–Kier alpha value is -3.15. The van der Waals surface area contributed by atoms with Gasteiger partial charge in [-0.25, -0.2) is 4.79 Å². The van der Waals surface area contributed by atoms with Crippen LogP contribution in [0, 0.1) is 0 Å². The first-order valence-electron chi connectivity index (χ1n) is 8.63. The second kappa shape index (κ2) is 7.00. The topological polar surface area (TPSA) is 66.6 Å². The number of nitrogens with one attached hydrogen (secondary N) is 2. The summed E-state index contributed by atoms with van der Waals surface area (Å²) >= 11 is 0. The zero-order valence-corrected chi connectivity index (χ0v) is 14.6. The molecular formula is C20H21N3O3. The summed E-state index contributed by atoms with van der Waals surface area (Å²) in [6.45, 7) is 1.35. The fraction of sp³-hybridized carbons (Fsp3) is 0.250. The average molecular weight is 351 g/mol. The molecule has 0 saturated carbocycles. The number of H-pyrrole nitrogens is 1. The van der Waals surface area contributed by atoms with Crippen LogP contribution in [0.15, 0.2) is 48.7 Å². The number of para-hydroxylation sites is 1. The van der Waals surface area contributed by atoms with E-state index in [1.807, 2.05) is 36.5 Å². The Balaban J connectivity index is 1.30. The Morgan fingerprint density at radius 2 is 2.04 bits per heavy atom. The van der Waals surface area contributed by atoms with E-state index in [2.05, 4.69) is 22.4 Å². The molecule has 4 rings (SSSR count).